The van der Waals surface area contributed by atoms with Crippen LogP contribution in [0.3, 0.4) is 0 Å². The second-order valence-electron chi connectivity index (χ2n) is 8.62. The number of hydrogen-bond donors (Lipinski definition) is 1. The van der Waals surface area contributed by atoms with Crippen molar-refractivity contribution in [3.63, 3.8) is 0 Å². The van der Waals surface area contributed by atoms with E-state index in [-0.39, 0.29) is 12.1 Å². The Balaban J connectivity index is 1.78. The highest BCUT2D eigenvalue weighted by Crippen LogP contribution is 2.43. The van der Waals surface area contributed by atoms with Crippen LogP contribution in [-0.4, -0.2) is 25.6 Å². The first kappa shape index (κ1) is 19.4. The zero-order chi connectivity index (χ0) is 19.8. The van der Waals surface area contributed by atoms with Crippen LogP contribution in [0.2, 0.25) is 0 Å². The van der Waals surface area contributed by atoms with Crippen LogP contribution in [0.15, 0.2) is 30.5 Å². The predicted molar refractivity (Wildman–Crippen MR) is 118 cm³/mol. The Morgan fingerprint density at radius 2 is 1.89 bits per heavy atom. The van der Waals surface area contributed by atoms with Gasteiger partial charge in [-0.3, -0.25) is 4.98 Å². The molecule has 2 aromatic rings. The third-order valence-electron chi connectivity index (χ3n) is 6.47. The smallest absolute Gasteiger partial charge is 0.170 e. The minimum absolute atomic E-state index is 0.0800. The summed E-state index contributed by atoms with van der Waals surface area (Å²) in [5.74, 6) is 0. The van der Waals surface area contributed by atoms with Crippen molar-refractivity contribution in [1.29, 1.82) is 0 Å². The molecule has 1 N–H and O–H groups in total. The van der Waals surface area contributed by atoms with E-state index in [1.54, 1.807) is 0 Å². The molecule has 150 valence electrons. The van der Waals surface area contributed by atoms with Gasteiger partial charge < -0.3 is 14.8 Å². The van der Waals surface area contributed by atoms with Crippen LogP contribution in [0.25, 0.3) is 0 Å². The number of thiocarbonyl (C=S) groups is 1. The number of pyridine rings is 1. The number of nitrogens with one attached hydrogen (secondary N) is 1. The third-order valence-corrected chi connectivity index (χ3v) is 6.80. The molecule has 5 heteroatoms. The van der Waals surface area contributed by atoms with Gasteiger partial charge in [0.15, 0.2) is 5.11 Å². The Bertz CT molecular complexity index is 836. The Morgan fingerprint density at radius 3 is 2.54 bits per heavy atom. The van der Waals surface area contributed by atoms with Gasteiger partial charge in [0.25, 0.3) is 0 Å². The number of aromatic nitrogens is 2. The summed E-state index contributed by atoms with van der Waals surface area (Å²) in [5.41, 5.74) is 5.22. The highest BCUT2D eigenvalue weighted by molar-refractivity contribution is 7.80. The van der Waals surface area contributed by atoms with Gasteiger partial charge in [0.05, 0.1) is 17.8 Å². The monoisotopic (exact) mass is 396 g/mol. The molecule has 0 amide bonds. The lowest BCUT2D eigenvalue weighted by Crippen LogP contribution is -2.35. The van der Waals surface area contributed by atoms with Crippen LogP contribution < -0.4 is 5.32 Å². The summed E-state index contributed by atoms with van der Waals surface area (Å²) in [4.78, 5) is 7.02. The summed E-state index contributed by atoms with van der Waals surface area (Å²) in [6.45, 7) is 9.01. The lowest BCUT2D eigenvalue weighted by Gasteiger charge is -2.32. The second kappa shape index (κ2) is 7.86. The van der Waals surface area contributed by atoms with E-state index in [0.717, 1.165) is 10.8 Å². The molecule has 0 radical (unpaired) electrons. The number of hydrogen-bond acceptors (Lipinski definition) is 2. The lowest BCUT2D eigenvalue weighted by atomic mass is 9.94. The van der Waals surface area contributed by atoms with Crippen molar-refractivity contribution in [3.8, 4) is 0 Å². The number of nitrogens with zero attached hydrogens (tertiary/aromatic N) is 3. The van der Waals surface area contributed by atoms with E-state index in [2.05, 4.69) is 65.7 Å². The minimum atomic E-state index is 0.0800. The molecular weight excluding hydrogens is 364 g/mol. The fourth-order valence-corrected chi connectivity index (χ4v) is 5.71. The molecule has 2 atom stereocenters. The molecule has 0 spiro atoms. The summed E-state index contributed by atoms with van der Waals surface area (Å²) in [5, 5.41) is 4.40. The summed E-state index contributed by atoms with van der Waals surface area (Å²) >= 11 is 5.76. The van der Waals surface area contributed by atoms with Crippen LogP contribution in [0, 0.1) is 13.8 Å². The maximum atomic E-state index is 5.76. The van der Waals surface area contributed by atoms with Crippen molar-refractivity contribution >= 4 is 17.3 Å². The van der Waals surface area contributed by atoms with Crippen LogP contribution in [0.5, 0.6) is 0 Å². The van der Waals surface area contributed by atoms with Gasteiger partial charge in [0.1, 0.15) is 0 Å². The zero-order valence-corrected chi connectivity index (χ0v) is 18.3. The maximum Gasteiger partial charge on any atom is 0.170 e. The molecule has 2 aromatic heterocycles. The molecule has 4 rings (SSSR count). The molecular formula is C23H32N4S. The van der Waals surface area contributed by atoms with Crippen LogP contribution in [-0.2, 0) is 0 Å². The van der Waals surface area contributed by atoms with E-state index in [1.165, 1.54) is 49.1 Å². The average molecular weight is 397 g/mol. The first-order valence-electron chi connectivity index (χ1n) is 10.7. The van der Waals surface area contributed by atoms with E-state index >= 15 is 0 Å². The van der Waals surface area contributed by atoms with Gasteiger partial charge in [-0.1, -0.05) is 25.3 Å². The molecule has 1 aliphatic heterocycles. The van der Waals surface area contributed by atoms with Gasteiger partial charge in [-0.05, 0) is 76.5 Å². The topological polar surface area (TPSA) is 33.1 Å². The van der Waals surface area contributed by atoms with Gasteiger partial charge in [-0.15, -0.1) is 0 Å². The second-order valence-corrected chi connectivity index (χ2v) is 9.00. The van der Waals surface area contributed by atoms with Crippen molar-refractivity contribution in [2.24, 2.45) is 0 Å². The highest BCUT2D eigenvalue weighted by atomic mass is 32.1. The van der Waals surface area contributed by atoms with Crippen LogP contribution >= 0.6 is 12.2 Å². The van der Waals surface area contributed by atoms with Gasteiger partial charge in [0.2, 0.25) is 0 Å². The van der Waals surface area contributed by atoms with E-state index in [9.17, 15) is 0 Å². The molecule has 1 saturated carbocycles. The Hall–Kier alpha value is -1.88. The van der Waals surface area contributed by atoms with E-state index < -0.39 is 0 Å². The molecule has 28 heavy (non-hydrogen) atoms. The van der Waals surface area contributed by atoms with Crippen LogP contribution in [0.1, 0.15) is 86.7 Å². The zero-order valence-electron chi connectivity index (χ0n) is 17.5. The molecule has 1 saturated heterocycles. The Labute approximate surface area is 174 Å². The fourth-order valence-electron chi connectivity index (χ4n) is 5.26. The molecule has 0 bridgehead atoms. The third kappa shape index (κ3) is 3.34. The van der Waals surface area contributed by atoms with Crippen molar-refractivity contribution in [2.75, 3.05) is 0 Å². The van der Waals surface area contributed by atoms with Gasteiger partial charge in [-0.2, -0.15) is 0 Å². The SMILES string of the molecule is Cc1cc([C@@H]2[C@H](c3ccccn3)NC(=S)N2C(C)C)c(C)n1C1CCCCC1. The first-order chi connectivity index (χ1) is 13.5. The van der Waals surface area contributed by atoms with Crippen molar-refractivity contribution < 1.29 is 0 Å². The van der Waals surface area contributed by atoms with Gasteiger partial charge in [-0.25, -0.2) is 0 Å². The Morgan fingerprint density at radius 1 is 1.14 bits per heavy atom. The van der Waals surface area contributed by atoms with Gasteiger partial charge in [0, 0.05) is 29.7 Å². The lowest BCUT2D eigenvalue weighted by molar-refractivity contribution is 0.267. The van der Waals surface area contributed by atoms with E-state index in [0.29, 0.717) is 12.1 Å². The standard InChI is InChI=1S/C23H32N4S/c1-15(2)26-22(21(25-23(26)28)20-12-8-9-13-24-20)19-14-16(3)27(17(19)4)18-10-6-5-7-11-18/h8-9,12-15,18,21-22H,5-7,10-11H2,1-4H3,(H,25,28)/t21-,22+/m0/s1. The van der Waals surface area contributed by atoms with Crippen LogP contribution in [0.4, 0.5) is 0 Å². The summed E-state index contributed by atoms with van der Waals surface area (Å²) in [6, 6.07) is 9.77. The summed E-state index contributed by atoms with van der Waals surface area (Å²) in [6.07, 6.45) is 8.55. The first-order valence-corrected chi connectivity index (χ1v) is 11.1. The highest BCUT2D eigenvalue weighted by Gasteiger charge is 2.42. The molecule has 0 aromatic carbocycles. The normalized spacial score (nSPS) is 23.5. The molecule has 3 heterocycles. The molecule has 2 aliphatic rings. The maximum absolute atomic E-state index is 5.76. The number of rotatable bonds is 4. The predicted octanol–water partition coefficient (Wildman–Crippen LogP) is 5.39. The van der Waals surface area contributed by atoms with E-state index in [4.69, 9.17) is 12.2 Å². The van der Waals surface area contributed by atoms with Gasteiger partial charge >= 0.3 is 0 Å². The quantitative estimate of drug-likeness (QED) is 0.703. The van der Waals surface area contributed by atoms with Crippen molar-refractivity contribution in [3.05, 3.63) is 53.1 Å². The molecule has 1 aliphatic carbocycles. The molecule has 4 nitrogen and oxygen atoms in total. The number of aryl methyl sites for hydroxylation is 1. The Kier molecular flexibility index (Phi) is 5.46. The fraction of sp³-hybridized carbons (Fsp3) is 0.565. The molecule has 0 unspecified atom stereocenters. The average Bonchev–Trinajstić information content (AvgIpc) is 3.19. The van der Waals surface area contributed by atoms with Crippen molar-refractivity contribution in [1.82, 2.24) is 19.8 Å². The summed E-state index contributed by atoms with van der Waals surface area (Å²) < 4.78 is 2.60. The van der Waals surface area contributed by atoms with E-state index in [1.807, 2.05) is 12.3 Å². The summed E-state index contributed by atoms with van der Waals surface area (Å²) in [7, 11) is 0. The largest absolute Gasteiger partial charge is 0.352 e. The van der Waals surface area contributed by atoms with Crippen molar-refractivity contribution in [2.45, 2.75) is 84.0 Å². The molecule has 2 fully saturated rings. The minimum Gasteiger partial charge on any atom is -0.352 e.